The molecule has 33 heavy (non-hydrogen) atoms. The minimum absolute atomic E-state index is 0.191. The standard InChI is InChI=1S/C27H27BrO5/c28-27-24(29)26(32-18-22-14-8-3-9-15-22)25(31-17-21-12-6-2-7-13-21)23(33-27)19-30-16-20-10-4-1-5-11-20/h1-15,23,25-27H,16-19H2/t23-,25-,26-,27+/m1/s1. The normalized spacial score (nSPS) is 22.9. The molecule has 3 aromatic rings. The summed E-state index contributed by atoms with van der Waals surface area (Å²) < 4.78 is 24.2. The van der Waals surface area contributed by atoms with E-state index < -0.39 is 23.3 Å². The third-order valence-corrected chi connectivity index (χ3v) is 6.08. The predicted octanol–water partition coefficient (Wildman–Crippen LogP) is 5.06. The highest BCUT2D eigenvalue weighted by atomic mass is 79.9. The fourth-order valence-electron chi connectivity index (χ4n) is 3.68. The quantitative estimate of drug-likeness (QED) is 0.356. The van der Waals surface area contributed by atoms with Crippen molar-refractivity contribution in [2.75, 3.05) is 6.61 Å². The molecule has 1 aliphatic rings. The Hall–Kier alpha value is -2.35. The number of carbonyl (C=O) groups is 1. The lowest BCUT2D eigenvalue weighted by atomic mass is 10.0. The first kappa shape index (κ1) is 23.8. The monoisotopic (exact) mass is 510 g/mol. The predicted molar refractivity (Wildman–Crippen MR) is 129 cm³/mol. The van der Waals surface area contributed by atoms with Crippen molar-refractivity contribution in [1.82, 2.24) is 0 Å². The molecular formula is C27H27BrO5. The molecule has 5 nitrogen and oxygen atoms in total. The molecule has 0 saturated carbocycles. The number of ketones is 1. The van der Waals surface area contributed by atoms with Gasteiger partial charge in [-0.3, -0.25) is 4.79 Å². The maximum Gasteiger partial charge on any atom is 0.203 e. The van der Waals surface area contributed by atoms with Crippen molar-refractivity contribution in [3.63, 3.8) is 0 Å². The molecule has 0 bridgehead atoms. The van der Waals surface area contributed by atoms with Gasteiger partial charge in [0.2, 0.25) is 5.78 Å². The molecule has 0 radical (unpaired) electrons. The largest absolute Gasteiger partial charge is 0.374 e. The SMILES string of the molecule is O=C1[C@@H](OCc2ccccc2)[C@H](OCc2ccccc2)[C@@H](COCc2ccccc2)O[C@@H]1Br. The third kappa shape index (κ3) is 6.82. The average molecular weight is 511 g/mol. The van der Waals surface area contributed by atoms with Gasteiger partial charge in [-0.1, -0.05) is 91.0 Å². The van der Waals surface area contributed by atoms with Gasteiger partial charge in [0.05, 0.1) is 26.4 Å². The number of ether oxygens (including phenoxy) is 4. The lowest BCUT2D eigenvalue weighted by Gasteiger charge is -2.38. The summed E-state index contributed by atoms with van der Waals surface area (Å²) in [6.07, 6.45) is -1.86. The van der Waals surface area contributed by atoms with Crippen LogP contribution >= 0.6 is 15.9 Å². The van der Waals surface area contributed by atoms with E-state index in [-0.39, 0.29) is 12.4 Å². The second kappa shape index (κ2) is 12.2. The van der Waals surface area contributed by atoms with E-state index in [0.29, 0.717) is 19.8 Å². The number of carbonyl (C=O) groups excluding carboxylic acids is 1. The second-order valence-corrected chi connectivity index (χ2v) is 8.70. The zero-order valence-corrected chi connectivity index (χ0v) is 19.8. The van der Waals surface area contributed by atoms with Gasteiger partial charge in [0.1, 0.15) is 18.3 Å². The first-order valence-corrected chi connectivity index (χ1v) is 11.9. The molecule has 1 saturated heterocycles. The van der Waals surface area contributed by atoms with Crippen LogP contribution in [0.25, 0.3) is 0 Å². The fourth-order valence-corrected chi connectivity index (χ4v) is 4.22. The Kier molecular flexibility index (Phi) is 8.80. The summed E-state index contributed by atoms with van der Waals surface area (Å²) in [5.41, 5.74) is 3.07. The van der Waals surface area contributed by atoms with E-state index in [1.807, 2.05) is 91.0 Å². The summed E-state index contributed by atoms with van der Waals surface area (Å²) in [4.78, 5) is 13.0. The molecule has 3 aromatic carbocycles. The number of Topliss-reactive ketones (excluding diaryl/α,β-unsaturated/α-hetero) is 1. The Morgan fingerprint density at radius 2 is 1.18 bits per heavy atom. The van der Waals surface area contributed by atoms with Gasteiger partial charge in [-0.2, -0.15) is 0 Å². The molecule has 0 aromatic heterocycles. The number of hydrogen-bond donors (Lipinski definition) is 0. The summed E-state index contributed by atoms with van der Waals surface area (Å²) in [6, 6.07) is 29.6. The molecule has 1 fully saturated rings. The Bertz CT molecular complexity index is 983. The van der Waals surface area contributed by atoms with Crippen LogP contribution < -0.4 is 0 Å². The molecule has 4 rings (SSSR count). The van der Waals surface area contributed by atoms with Crippen LogP contribution in [0, 0.1) is 0 Å². The Morgan fingerprint density at radius 3 is 1.73 bits per heavy atom. The highest BCUT2D eigenvalue weighted by Crippen LogP contribution is 2.28. The van der Waals surface area contributed by atoms with Gasteiger partial charge in [0.15, 0.2) is 5.01 Å². The van der Waals surface area contributed by atoms with Crippen molar-refractivity contribution in [2.24, 2.45) is 0 Å². The lowest BCUT2D eigenvalue weighted by molar-refractivity contribution is -0.202. The van der Waals surface area contributed by atoms with Crippen LogP contribution in [-0.2, 0) is 43.6 Å². The van der Waals surface area contributed by atoms with Crippen molar-refractivity contribution in [1.29, 1.82) is 0 Å². The van der Waals surface area contributed by atoms with Crippen LogP contribution in [-0.4, -0.2) is 35.7 Å². The van der Waals surface area contributed by atoms with Crippen LogP contribution in [0.4, 0.5) is 0 Å². The minimum Gasteiger partial charge on any atom is -0.374 e. The van der Waals surface area contributed by atoms with E-state index in [9.17, 15) is 4.79 Å². The van der Waals surface area contributed by atoms with E-state index in [4.69, 9.17) is 18.9 Å². The van der Waals surface area contributed by atoms with Gasteiger partial charge in [-0.15, -0.1) is 0 Å². The summed E-state index contributed by atoms with van der Waals surface area (Å²) >= 11 is 3.36. The molecule has 172 valence electrons. The van der Waals surface area contributed by atoms with Crippen molar-refractivity contribution >= 4 is 21.7 Å². The second-order valence-electron chi connectivity index (χ2n) is 7.87. The summed E-state index contributed by atoms with van der Waals surface area (Å²) in [6.45, 7) is 1.37. The van der Waals surface area contributed by atoms with Gasteiger partial charge >= 0.3 is 0 Å². The number of benzene rings is 3. The molecule has 0 spiro atoms. The van der Waals surface area contributed by atoms with Gasteiger partial charge in [-0.25, -0.2) is 0 Å². The van der Waals surface area contributed by atoms with Crippen LogP contribution in [0.3, 0.4) is 0 Å². The lowest BCUT2D eigenvalue weighted by Crippen LogP contribution is -2.56. The molecule has 0 amide bonds. The topological polar surface area (TPSA) is 54.0 Å². The molecule has 0 unspecified atom stereocenters. The van der Waals surface area contributed by atoms with E-state index in [1.165, 1.54) is 0 Å². The van der Waals surface area contributed by atoms with Crippen LogP contribution in [0.2, 0.25) is 0 Å². The molecule has 6 heteroatoms. The molecule has 0 N–H and O–H groups in total. The van der Waals surface area contributed by atoms with Gasteiger partial charge in [0.25, 0.3) is 0 Å². The average Bonchev–Trinajstić information content (AvgIpc) is 2.86. The van der Waals surface area contributed by atoms with Crippen LogP contribution in [0.1, 0.15) is 16.7 Å². The highest BCUT2D eigenvalue weighted by molar-refractivity contribution is 9.09. The van der Waals surface area contributed by atoms with E-state index in [1.54, 1.807) is 0 Å². The van der Waals surface area contributed by atoms with Crippen LogP contribution in [0.15, 0.2) is 91.0 Å². The molecule has 4 atom stereocenters. The molecular weight excluding hydrogens is 484 g/mol. The van der Waals surface area contributed by atoms with Crippen molar-refractivity contribution < 1.29 is 23.7 Å². The Morgan fingerprint density at radius 1 is 0.697 bits per heavy atom. The zero-order chi connectivity index (χ0) is 22.9. The van der Waals surface area contributed by atoms with Gasteiger partial charge < -0.3 is 18.9 Å². The highest BCUT2D eigenvalue weighted by Gasteiger charge is 2.46. The van der Waals surface area contributed by atoms with Crippen molar-refractivity contribution in [3.8, 4) is 0 Å². The van der Waals surface area contributed by atoms with Crippen LogP contribution in [0.5, 0.6) is 0 Å². The number of hydrogen-bond acceptors (Lipinski definition) is 5. The number of alkyl halides is 1. The molecule has 0 aliphatic carbocycles. The minimum atomic E-state index is -0.780. The molecule has 1 aliphatic heterocycles. The van der Waals surface area contributed by atoms with E-state index >= 15 is 0 Å². The maximum absolute atomic E-state index is 13.0. The Labute approximate surface area is 202 Å². The number of rotatable bonds is 10. The summed E-state index contributed by atoms with van der Waals surface area (Å²) in [5.74, 6) is -0.191. The van der Waals surface area contributed by atoms with E-state index in [0.717, 1.165) is 16.7 Å². The summed E-state index contributed by atoms with van der Waals surface area (Å²) in [5, 5.41) is -0.778. The number of halogens is 1. The zero-order valence-electron chi connectivity index (χ0n) is 18.2. The first-order valence-electron chi connectivity index (χ1n) is 11.0. The summed E-state index contributed by atoms with van der Waals surface area (Å²) in [7, 11) is 0. The van der Waals surface area contributed by atoms with Gasteiger partial charge in [0, 0.05) is 0 Å². The molecule has 1 heterocycles. The van der Waals surface area contributed by atoms with E-state index in [2.05, 4.69) is 15.9 Å². The first-order chi connectivity index (χ1) is 16.2. The van der Waals surface area contributed by atoms with Crippen molar-refractivity contribution in [2.45, 2.75) is 43.1 Å². The third-order valence-electron chi connectivity index (χ3n) is 5.41. The Balaban J connectivity index is 1.46. The fraction of sp³-hybridized carbons (Fsp3) is 0.296. The van der Waals surface area contributed by atoms with Crippen molar-refractivity contribution in [3.05, 3.63) is 108 Å². The maximum atomic E-state index is 13.0. The van der Waals surface area contributed by atoms with Gasteiger partial charge in [-0.05, 0) is 32.6 Å². The smallest absolute Gasteiger partial charge is 0.203 e.